The van der Waals surface area contributed by atoms with Gasteiger partial charge in [-0.25, -0.2) is 9.78 Å². The molecular formula is C27H29N3O4S. The highest BCUT2D eigenvalue weighted by atomic mass is 32.2. The van der Waals surface area contributed by atoms with E-state index < -0.39 is 0 Å². The molecule has 7 nitrogen and oxygen atoms in total. The normalized spacial score (nSPS) is 14.7. The number of aryl methyl sites for hydroxylation is 2. The Morgan fingerprint density at radius 2 is 1.80 bits per heavy atom. The van der Waals surface area contributed by atoms with Crippen LogP contribution in [0.4, 0.5) is 0 Å². The Morgan fingerprint density at radius 1 is 1.00 bits per heavy atom. The van der Waals surface area contributed by atoms with Gasteiger partial charge < -0.3 is 9.15 Å². The molecule has 0 saturated carbocycles. The predicted molar refractivity (Wildman–Crippen MR) is 139 cm³/mol. The average molecular weight is 492 g/mol. The Morgan fingerprint density at radius 3 is 2.63 bits per heavy atom. The number of aromatic nitrogens is 2. The number of fused-ring (bicyclic) bond motifs is 2. The Balaban J connectivity index is 1.45. The summed E-state index contributed by atoms with van der Waals surface area (Å²) in [5.41, 5.74) is 3.86. The molecule has 0 aliphatic carbocycles. The van der Waals surface area contributed by atoms with Gasteiger partial charge in [0, 0.05) is 43.4 Å². The monoisotopic (exact) mass is 491 g/mol. The van der Waals surface area contributed by atoms with Crippen molar-refractivity contribution in [2.24, 2.45) is 0 Å². The lowest BCUT2D eigenvalue weighted by Gasteiger charge is -2.26. The maximum atomic E-state index is 13.4. The number of nitrogens with zero attached hydrogens (tertiary/aromatic N) is 3. The van der Waals surface area contributed by atoms with E-state index in [0.717, 1.165) is 61.3 Å². The minimum Gasteiger partial charge on any atom is -0.422 e. The van der Waals surface area contributed by atoms with Gasteiger partial charge in [-0.1, -0.05) is 36.0 Å². The summed E-state index contributed by atoms with van der Waals surface area (Å²) >= 11 is 1.49. The summed E-state index contributed by atoms with van der Waals surface area (Å²) in [6, 6.07) is 13.1. The minimum atomic E-state index is -0.365. The highest BCUT2D eigenvalue weighted by molar-refractivity contribution is 7.98. The number of para-hydroxylation sites is 1. The van der Waals surface area contributed by atoms with Gasteiger partial charge in [-0.3, -0.25) is 14.3 Å². The third-order valence-electron chi connectivity index (χ3n) is 6.66. The van der Waals surface area contributed by atoms with Crippen LogP contribution in [-0.4, -0.2) is 47.3 Å². The Bertz CT molecular complexity index is 1490. The van der Waals surface area contributed by atoms with Crippen molar-refractivity contribution in [3.05, 3.63) is 79.9 Å². The second kappa shape index (κ2) is 10.4. The number of morpholine rings is 1. The van der Waals surface area contributed by atoms with Gasteiger partial charge in [0.15, 0.2) is 5.16 Å². The van der Waals surface area contributed by atoms with Gasteiger partial charge in [0.2, 0.25) is 0 Å². The van der Waals surface area contributed by atoms with Gasteiger partial charge in [0.05, 0.1) is 24.1 Å². The number of benzene rings is 2. The average Bonchev–Trinajstić information content (AvgIpc) is 2.87. The van der Waals surface area contributed by atoms with Crippen molar-refractivity contribution in [2.45, 2.75) is 37.7 Å². The van der Waals surface area contributed by atoms with Gasteiger partial charge in [-0.15, -0.1) is 0 Å². The van der Waals surface area contributed by atoms with Crippen LogP contribution in [0.1, 0.15) is 23.1 Å². The highest BCUT2D eigenvalue weighted by Gasteiger charge is 2.16. The van der Waals surface area contributed by atoms with Crippen LogP contribution in [0.2, 0.25) is 0 Å². The molecule has 0 bridgehead atoms. The SMILES string of the molecule is Cc1ccc2c(CSc3nc4ccccc4c(=O)n3CCCN3CCOCC3)cc(=O)oc2c1C. The van der Waals surface area contributed by atoms with Crippen molar-refractivity contribution >= 4 is 33.6 Å². The van der Waals surface area contributed by atoms with E-state index in [0.29, 0.717) is 33.9 Å². The molecule has 0 atom stereocenters. The zero-order valence-corrected chi connectivity index (χ0v) is 20.9. The first-order valence-electron chi connectivity index (χ1n) is 12.0. The summed E-state index contributed by atoms with van der Waals surface area (Å²) in [6.07, 6.45) is 0.851. The summed E-state index contributed by atoms with van der Waals surface area (Å²) in [7, 11) is 0. The van der Waals surface area contributed by atoms with E-state index in [1.165, 1.54) is 11.8 Å². The smallest absolute Gasteiger partial charge is 0.336 e. The molecule has 0 amide bonds. The number of thioether (sulfide) groups is 1. The quantitative estimate of drug-likeness (QED) is 0.218. The van der Waals surface area contributed by atoms with Crippen LogP contribution >= 0.6 is 11.8 Å². The summed E-state index contributed by atoms with van der Waals surface area (Å²) in [5.74, 6) is 0.513. The van der Waals surface area contributed by atoms with E-state index in [1.54, 1.807) is 10.6 Å². The molecule has 0 spiro atoms. The molecule has 35 heavy (non-hydrogen) atoms. The minimum absolute atomic E-state index is 0.0241. The van der Waals surface area contributed by atoms with Crippen LogP contribution in [0.3, 0.4) is 0 Å². The highest BCUT2D eigenvalue weighted by Crippen LogP contribution is 2.28. The van der Waals surface area contributed by atoms with E-state index in [-0.39, 0.29) is 11.2 Å². The van der Waals surface area contributed by atoms with Gasteiger partial charge in [-0.05, 0) is 49.1 Å². The van der Waals surface area contributed by atoms with E-state index in [1.807, 2.05) is 50.2 Å². The maximum absolute atomic E-state index is 13.4. The van der Waals surface area contributed by atoms with Crippen LogP contribution in [-0.2, 0) is 17.0 Å². The molecule has 4 aromatic rings. The lowest BCUT2D eigenvalue weighted by molar-refractivity contribution is 0.0368. The summed E-state index contributed by atoms with van der Waals surface area (Å²) in [6.45, 7) is 8.85. The number of rotatable bonds is 7. The molecule has 1 fully saturated rings. The Labute approximate surface area is 207 Å². The van der Waals surface area contributed by atoms with Crippen molar-refractivity contribution < 1.29 is 9.15 Å². The van der Waals surface area contributed by atoms with E-state index in [9.17, 15) is 9.59 Å². The molecular weight excluding hydrogens is 462 g/mol. The maximum Gasteiger partial charge on any atom is 0.336 e. The van der Waals surface area contributed by atoms with Crippen molar-refractivity contribution in [2.75, 3.05) is 32.8 Å². The van der Waals surface area contributed by atoms with Crippen LogP contribution in [0.5, 0.6) is 0 Å². The van der Waals surface area contributed by atoms with Crippen LogP contribution in [0.15, 0.2) is 61.6 Å². The third kappa shape index (κ3) is 5.05. The van der Waals surface area contributed by atoms with Gasteiger partial charge >= 0.3 is 5.63 Å². The number of hydrogen-bond acceptors (Lipinski definition) is 7. The van der Waals surface area contributed by atoms with Crippen molar-refractivity contribution in [3.8, 4) is 0 Å². The fourth-order valence-electron chi connectivity index (χ4n) is 4.52. The fourth-order valence-corrected chi connectivity index (χ4v) is 5.53. The summed E-state index contributed by atoms with van der Waals surface area (Å²) in [5, 5.41) is 2.21. The molecule has 5 rings (SSSR count). The molecule has 182 valence electrons. The molecule has 0 N–H and O–H groups in total. The lowest BCUT2D eigenvalue weighted by atomic mass is 10.0. The Hall–Kier alpha value is -2.94. The van der Waals surface area contributed by atoms with E-state index in [2.05, 4.69) is 4.90 Å². The molecule has 2 aromatic carbocycles. The molecule has 8 heteroatoms. The van der Waals surface area contributed by atoms with Crippen molar-refractivity contribution in [1.29, 1.82) is 0 Å². The topological polar surface area (TPSA) is 77.6 Å². The van der Waals surface area contributed by atoms with Crippen molar-refractivity contribution in [3.63, 3.8) is 0 Å². The van der Waals surface area contributed by atoms with E-state index in [4.69, 9.17) is 14.1 Å². The molecule has 0 radical (unpaired) electrons. The summed E-state index contributed by atoms with van der Waals surface area (Å²) in [4.78, 5) is 32.9. The molecule has 2 aromatic heterocycles. The first-order chi connectivity index (χ1) is 17.0. The van der Waals surface area contributed by atoms with Crippen LogP contribution < -0.4 is 11.2 Å². The fraction of sp³-hybridized carbons (Fsp3) is 0.370. The number of hydrogen-bond donors (Lipinski definition) is 0. The van der Waals surface area contributed by atoms with Crippen LogP contribution in [0, 0.1) is 13.8 Å². The molecule has 1 aliphatic heterocycles. The number of ether oxygens (including phenoxy) is 1. The molecule has 1 aliphatic rings. The van der Waals surface area contributed by atoms with Crippen LogP contribution in [0.25, 0.3) is 21.9 Å². The third-order valence-corrected chi connectivity index (χ3v) is 7.69. The van der Waals surface area contributed by atoms with Gasteiger partial charge in [-0.2, -0.15) is 0 Å². The van der Waals surface area contributed by atoms with E-state index >= 15 is 0 Å². The second-order valence-corrected chi connectivity index (χ2v) is 9.88. The zero-order chi connectivity index (χ0) is 24.4. The Kier molecular flexibility index (Phi) is 7.04. The lowest BCUT2D eigenvalue weighted by Crippen LogP contribution is -2.37. The summed E-state index contributed by atoms with van der Waals surface area (Å²) < 4.78 is 12.8. The first kappa shape index (κ1) is 23.8. The zero-order valence-electron chi connectivity index (χ0n) is 20.1. The van der Waals surface area contributed by atoms with Crippen molar-refractivity contribution in [1.82, 2.24) is 14.5 Å². The molecule has 3 heterocycles. The first-order valence-corrected chi connectivity index (χ1v) is 13.0. The standard InChI is InChI=1S/C27H29N3O4S/c1-18-8-9-21-20(16-24(31)34-25(21)19(18)2)17-35-27-28-23-7-4-3-6-22(23)26(32)30(27)11-5-10-29-12-14-33-15-13-29/h3-4,6-9,16H,5,10-15,17H2,1-2H3. The second-order valence-electron chi connectivity index (χ2n) is 8.94. The molecule has 1 saturated heterocycles. The largest absolute Gasteiger partial charge is 0.422 e. The predicted octanol–water partition coefficient (Wildman–Crippen LogP) is 4.13. The van der Waals surface area contributed by atoms with Gasteiger partial charge in [0.25, 0.3) is 5.56 Å². The van der Waals surface area contributed by atoms with Gasteiger partial charge in [0.1, 0.15) is 5.58 Å². The molecule has 0 unspecified atom stereocenters.